The standard InChI is InChI=1S/C44H61N15O17/c1-18(52-39(71)25(56-38(70)21(45)12-30(46)60)11-19-17-51-22-6-3-2-5-20(19)22)37(69)55-28(16-35(66)67)42(74)57-26(14-32(48)62)40(72)53-23(8-9-34(64)65)44(76)59-10-4-7-29(59)43(75)58-27(15-33(49)63)41(73)54-24(36(50)68)13-31(47)61/h2-3,5-6,17-18,21,23-29,51H,4,7-16,45H2,1H3,(H2,46,60)(H2,47,61)(H2,48,62)(H2,49,63)(H2,50,68)(H,52,71)(H,53,72)(H,54,73)(H,55,69)(H,56,70)(H,57,74)(H,58,75)(H,64,65)(H,66,67)/t18-,21-,23-,24-,25-,26-,27-,28-,29-/m0/s1. The number of hydrogen-bond donors (Lipinski definition) is 16. The van der Waals surface area contributed by atoms with Gasteiger partial charge in [0.2, 0.25) is 76.8 Å². The predicted octanol–water partition coefficient (Wildman–Crippen LogP) is -8.23. The number of nitrogens with two attached hydrogens (primary N) is 6. The molecule has 76 heavy (non-hydrogen) atoms. The van der Waals surface area contributed by atoms with E-state index in [-0.39, 0.29) is 25.8 Å². The first-order valence-corrected chi connectivity index (χ1v) is 23.2. The maximum atomic E-state index is 14.1. The molecule has 22 N–H and O–H groups in total. The van der Waals surface area contributed by atoms with E-state index >= 15 is 0 Å². The molecule has 1 saturated heterocycles. The van der Waals surface area contributed by atoms with Gasteiger partial charge in [-0.15, -0.1) is 0 Å². The third kappa shape index (κ3) is 19.0. The Bertz CT molecular complexity index is 2610. The van der Waals surface area contributed by atoms with Crippen LogP contribution >= 0.6 is 0 Å². The van der Waals surface area contributed by atoms with Crippen LogP contribution in [0.4, 0.5) is 0 Å². The van der Waals surface area contributed by atoms with Gasteiger partial charge in [0.05, 0.1) is 38.1 Å². The van der Waals surface area contributed by atoms with Crippen molar-refractivity contribution >= 4 is 99.6 Å². The smallest absolute Gasteiger partial charge is 0.305 e. The third-order valence-corrected chi connectivity index (χ3v) is 11.5. The number of nitrogens with one attached hydrogen (secondary N) is 8. The largest absolute Gasteiger partial charge is 0.481 e. The first kappa shape index (κ1) is 61.1. The van der Waals surface area contributed by atoms with E-state index in [1.807, 2.05) is 0 Å². The summed E-state index contributed by atoms with van der Waals surface area (Å²) in [6, 6.07) is -8.44. The van der Waals surface area contributed by atoms with Gasteiger partial charge in [0.1, 0.15) is 48.3 Å². The van der Waals surface area contributed by atoms with Crippen LogP contribution in [-0.4, -0.2) is 170 Å². The molecule has 414 valence electrons. The first-order chi connectivity index (χ1) is 35.6. The Labute approximate surface area is 430 Å². The van der Waals surface area contributed by atoms with Gasteiger partial charge in [-0.1, -0.05) is 18.2 Å². The summed E-state index contributed by atoms with van der Waals surface area (Å²) in [6.07, 6.45) is -4.45. The lowest BCUT2D eigenvalue weighted by Crippen LogP contribution is -2.61. The fourth-order valence-electron chi connectivity index (χ4n) is 7.74. The second kappa shape index (κ2) is 28.3. The molecule has 3 rings (SSSR count). The summed E-state index contributed by atoms with van der Waals surface area (Å²) >= 11 is 0. The van der Waals surface area contributed by atoms with Crippen LogP contribution in [0.1, 0.15) is 70.3 Å². The Balaban J connectivity index is 1.83. The molecule has 13 amide bonds. The molecule has 1 aromatic heterocycles. The topological polar surface area (TPSA) is 556 Å². The highest BCUT2D eigenvalue weighted by molar-refractivity contribution is 6.01. The average Bonchev–Trinajstić information content (AvgIpc) is 3.98. The van der Waals surface area contributed by atoms with Crippen molar-refractivity contribution in [3.05, 3.63) is 36.0 Å². The van der Waals surface area contributed by atoms with Crippen LogP contribution in [0.15, 0.2) is 30.5 Å². The molecule has 0 radical (unpaired) electrons. The van der Waals surface area contributed by atoms with Crippen molar-refractivity contribution in [1.29, 1.82) is 0 Å². The molecule has 32 nitrogen and oxygen atoms in total. The van der Waals surface area contributed by atoms with Gasteiger partial charge in [-0.2, -0.15) is 0 Å². The zero-order valence-corrected chi connectivity index (χ0v) is 40.8. The van der Waals surface area contributed by atoms with Crippen LogP contribution in [0, 0.1) is 0 Å². The van der Waals surface area contributed by atoms with Crippen LogP contribution in [0.2, 0.25) is 0 Å². The van der Waals surface area contributed by atoms with E-state index in [0.717, 1.165) is 11.8 Å². The number of fused-ring (bicyclic) bond motifs is 1. The highest BCUT2D eigenvalue weighted by atomic mass is 16.4. The van der Waals surface area contributed by atoms with Crippen LogP contribution in [0.3, 0.4) is 0 Å². The van der Waals surface area contributed by atoms with Crippen molar-refractivity contribution < 1.29 is 82.1 Å². The van der Waals surface area contributed by atoms with Crippen molar-refractivity contribution in [2.75, 3.05) is 6.54 Å². The Morgan fingerprint density at radius 3 is 1.63 bits per heavy atom. The quantitative estimate of drug-likeness (QED) is 0.0333. The number of H-pyrrole nitrogens is 1. The molecule has 2 aromatic rings. The monoisotopic (exact) mass is 1070 g/mol. The van der Waals surface area contributed by atoms with Gasteiger partial charge >= 0.3 is 11.9 Å². The molecular weight excluding hydrogens is 1010 g/mol. The van der Waals surface area contributed by atoms with E-state index < -0.39 is 188 Å². The molecule has 9 atom stereocenters. The van der Waals surface area contributed by atoms with Crippen LogP contribution in [0.5, 0.6) is 0 Å². The van der Waals surface area contributed by atoms with Gasteiger partial charge in [0.25, 0.3) is 0 Å². The maximum absolute atomic E-state index is 14.1. The van der Waals surface area contributed by atoms with Gasteiger partial charge in [-0.3, -0.25) is 71.9 Å². The number of rotatable bonds is 31. The molecule has 1 aromatic carbocycles. The first-order valence-electron chi connectivity index (χ1n) is 23.2. The molecule has 0 bridgehead atoms. The van der Waals surface area contributed by atoms with Crippen LogP contribution < -0.4 is 71.6 Å². The summed E-state index contributed by atoms with van der Waals surface area (Å²) in [4.78, 5) is 195. The minimum absolute atomic E-state index is 0.0950. The summed E-state index contributed by atoms with van der Waals surface area (Å²) in [5.74, 6) is -17.9. The molecule has 0 saturated carbocycles. The minimum Gasteiger partial charge on any atom is -0.481 e. The minimum atomic E-state index is -2.06. The van der Waals surface area contributed by atoms with E-state index in [9.17, 15) is 82.1 Å². The van der Waals surface area contributed by atoms with Gasteiger partial charge in [0, 0.05) is 36.5 Å². The van der Waals surface area contributed by atoms with E-state index in [1.165, 1.54) is 0 Å². The van der Waals surface area contributed by atoms with Gasteiger partial charge < -0.3 is 91.7 Å². The Morgan fingerprint density at radius 1 is 0.592 bits per heavy atom. The fraction of sp³-hybridized carbons (Fsp3) is 0.477. The normalized spacial score (nSPS) is 16.1. The van der Waals surface area contributed by atoms with Crippen molar-refractivity contribution in [3.8, 4) is 0 Å². The molecule has 32 heteroatoms. The lowest BCUT2D eigenvalue weighted by atomic mass is 10.0. The Morgan fingerprint density at radius 2 is 1.08 bits per heavy atom. The number of nitrogens with zero attached hydrogens (tertiary/aromatic N) is 1. The second-order valence-corrected chi connectivity index (χ2v) is 17.6. The van der Waals surface area contributed by atoms with Crippen LogP contribution in [0.25, 0.3) is 10.9 Å². The lowest BCUT2D eigenvalue weighted by molar-refractivity contribution is -0.144. The Kier molecular flexibility index (Phi) is 22.7. The van der Waals surface area contributed by atoms with E-state index in [2.05, 4.69) is 42.2 Å². The zero-order chi connectivity index (χ0) is 57.1. The number of aromatic amines is 1. The van der Waals surface area contributed by atoms with Crippen molar-refractivity contribution in [3.63, 3.8) is 0 Å². The number of carbonyl (C=O) groups excluding carboxylic acids is 13. The maximum Gasteiger partial charge on any atom is 0.305 e. The predicted molar refractivity (Wildman–Crippen MR) is 257 cm³/mol. The molecule has 2 heterocycles. The van der Waals surface area contributed by atoms with Crippen molar-refractivity contribution in [1.82, 2.24) is 47.1 Å². The highest BCUT2D eigenvalue weighted by Crippen LogP contribution is 2.22. The third-order valence-electron chi connectivity index (χ3n) is 11.5. The number of carbonyl (C=O) groups is 15. The lowest BCUT2D eigenvalue weighted by Gasteiger charge is -2.30. The van der Waals surface area contributed by atoms with Crippen LogP contribution in [-0.2, 0) is 78.3 Å². The number of aromatic nitrogens is 1. The molecule has 0 spiro atoms. The van der Waals surface area contributed by atoms with Crippen molar-refractivity contribution in [2.24, 2.45) is 34.4 Å². The molecular formula is C44H61N15O17. The van der Waals surface area contributed by atoms with E-state index in [4.69, 9.17) is 34.4 Å². The number of primary amides is 5. The second-order valence-electron chi connectivity index (χ2n) is 17.6. The number of carboxylic acid groups (broad SMARTS) is 2. The van der Waals surface area contributed by atoms with Gasteiger partial charge in [-0.05, 0) is 37.8 Å². The van der Waals surface area contributed by atoms with Crippen molar-refractivity contribution in [2.45, 2.75) is 126 Å². The zero-order valence-electron chi connectivity index (χ0n) is 40.8. The molecule has 1 aliphatic rings. The number of hydrogen-bond acceptors (Lipinski definition) is 16. The Hall–Kier alpha value is -9.23. The number of benzene rings is 1. The van der Waals surface area contributed by atoms with Gasteiger partial charge in [0.15, 0.2) is 0 Å². The summed E-state index contributed by atoms with van der Waals surface area (Å²) in [6.45, 7) is 0.928. The fourth-order valence-corrected chi connectivity index (χ4v) is 7.74. The molecule has 1 aliphatic heterocycles. The number of likely N-dealkylation sites (tertiary alicyclic amines) is 1. The van der Waals surface area contributed by atoms with E-state index in [1.54, 1.807) is 30.5 Å². The molecule has 0 unspecified atom stereocenters. The highest BCUT2D eigenvalue weighted by Gasteiger charge is 2.41. The SMILES string of the molecule is C[C@H](NC(=O)[C@H](Cc1c[nH]c2ccccc12)NC(=O)[C@@H](N)CC(N)=O)C(=O)N[C@@H](CC(=O)O)C(=O)N[C@@H](CC(N)=O)C(=O)N[C@@H](CCC(=O)O)C(=O)N1CCC[C@H]1C(=O)N[C@@H](CC(N)=O)C(=O)N[C@@H](CC(N)=O)C(N)=O. The summed E-state index contributed by atoms with van der Waals surface area (Å²) in [5, 5.41) is 35.3. The number of carboxylic acids is 2. The average molecular weight is 1070 g/mol. The number of para-hydroxylation sites is 1. The van der Waals surface area contributed by atoms with E-state index in [0.29, 0.717) is 16.5 Å². The molecule has 1 fully saturated rings. The summed E-state index contributed by atoms with van der Waals surface area (Å²) < 4.78 is 0. The van der Waals surface area contributed by atoms with Gasteiger partial charge in [-0.25, -0.2) is 0 Å². The summed E-state index contributed by atoms with van der Waals surface area (Å²) in [7, 11) is 0. The number of aliphatic carboxylic acids is 2. The number of amides is 13. The molecule has 0 aliphatic carbocycles. The summed E-state index contributed by atoms with van der Waals surface area (Å²) in [5.41, 5.74) is 33.1.